The summed E-state index contributed by atoms with van der Waals surface area (Å²) in [7, 11) is 0. The van der Waals surface area contributed by atoms with E-state index in [0.717, 1.165) is 26.8 Å². The first kappa shape index (κ1) is 16.6. The number of benzene rings is 1. The Balaban J connectivity index is 1.96. The summed E-state index contributed by atoms with van der Waals surface area (Å²) in [5, 5.41) is 8.16. The van der Waals surface area contributed by atoms with E-state index in [9.17, 15) is 4.79 Å². The molecule has 0 atom stereocenters. The molecule has 2 heterocycles. The van der Waals surface area contributed by atoms with Gasteiger partial charge >= 0.3 is 0 Å². The van der Waals surface area contributed by atoms with Crippen molar-refractivity contribution in [3.63, 3.8) is 0 Å². The third-order valence-electron chi connectivity index (χ3n) is 3.87. The average molecular weight is 387 g/mol. The monoisotopic (exact) mass is 386 g/mol. The molecule has 0 aliphatic heterocycles. The number of fused-ring (bicyclic) bond motifs is 1. The van der Waals surface area contributed by atoms with Crippen LogP contribution in [-0.2, 0) is 0 Å². The van der Waals surface area contributed by atoms with Crippen molar-refractivity contribution in [1.29, 1.82) is 0 Å². The van der Waals surface area contributed by atoms with Crippen molar-refractivity contribution in [2.45, 2.75) is 33.7 Å². The Labute approximate surface area is 149 Å². The van der Waals surface area contributed by atoms with E-state index < -0.39 is 0 Å². The van der Waals surface area contributed by atoms with Crippen LogP contribution in [0.25, 0.3) is 11.0 Å². The molecule has 3 rings (SSSR count). The van der Waals surface area contributed by atoms with Gasteiger partial charge in [0.05, 0.1) is 23.1 Å². The molecule has 3 aromatic rings. The molecular weight excluding hydrogens is 368 g/mol. The lowest BCUT2D eigenvalue weighted by molar-refractivity contribution is 0.102. The lowest BCUT2D eigenvalue weighted by Crippen LogP contribution is -2.15. The Bertz CT molecular complexity index is 930. The van der Waals surface area contributed by atoms with Gasteiger partial charge in [0.2, 0.25) is 0 Å². The molecule has 124 valence electrons. The van der Waals surface area contributed by atoms with Crippen LogP contribution in [-0.4, -0.2) is 20.7 Å². The van der Waals surface area contributed by atoms with E-state index in [-0.39, 0.29) is 11.9 Å². The first-order valence-corrected chi connectivity index (χ1v) is 8.58. The molecule has 0 radical (unpaired) electrons. The Morgan fingerprint density at radius 2 is 2.00 bits per heavy atom. The van der Waals surface area contributed by atoms with Crippen molar-refractivity contribution in [3.05, 3.63) is 51.8 Å². The minimum Gasteiger partial charge on any atom is -0.321 e. The van der Waals surface area contributed by atoms with Crippen LogP contribution >= 0.6 is 15.9 Å². The van der Waals surface area contributed by atoms with Gasteiger partial charge in [-0.05, 0) is 67.4 Å². The first-order valence-electron chi connectivity index (χ1n) is 7.79. The molecule has 0 aliphatic rings. The Hall–Kier alpha value is -2.21. The van der Waals surface area contributed by atoms with E-state index in [4.69, 9.17) is 0 Å². The number of halogens is 1. The predicted octanol–water partition coefficient (Wildman–Crippen LogP) is 4.64. The average Bonchev–Trinajstić information content (AvgIpc) is 2.92. The number of carbonyl (C=O) groups is 1. The number of rotatable bonds is 3. The Morgan fingerprint density at radius 3 is 2.67 bits per heavy atom. The molecule has 5 nitrogen and oxygen atoms in total. The van der Waals surface area contributed by atoms with E-state index in [1.165, 1.54) is 0 Å². The number of nitrogens with zero attached hydrogens (tertiary/aromatic N) is 3. The summed E-state index contributed by atoms with van der Waals surface area (Å²) in [6.07, 6.45) is 1.75. The third-order valence-corrected chi connectivity index (χ3v) is 4.52. The van der Waals surface area contributed by atoms with E-state index in [1.54, 1.807) is 6.20 Å². The summed E-state index contributed by atoms with van der Waals surface area (Å²) < 4.78 is 2.72. The maximum absolute atomic E-state index is 12.7. The quantitative estimate of drug-likeness (QED) is 0.712. The van der Waals surface area contributed by atoms with Gasteiger partial charge in [-0.3, -0.25) is 4.79 Å². The number of amides is 1. The summed E-state index contributed by atoms with van der Waals surface area (Å²) in [5.41, 5.74) is 3.91. The van der Waals surface area contributed by atoms with E-state index in [0.29, 0.717) is 11.3 Å². The highest BCUT2D eigenvalue weighted by molar-refractivity contribution is 9.10. The van der Waals surface area contributed by atoms with Gasteiger partial charge in [-0.15, -0.1) is 0 Å². The van der Waals surface area contributed by atoms with Gasteiger partial charge in [-0.1, -0.05) is 6.07 Å². The minimum atomic E-state index is -0.177. The molecule has 24 heavy (non-hydrogen) atoms. The first-order chi connectivity index (χ1) is 11.4. The Kier molecular flexibility index (Phi) is 4.41. The van der Waals surface area contributed by atoms with Crippen molar-refractivity contribution in [2.24, 2.45) is 0 Å². The van der Waals surface area contributed by atoms with Gasteiger partial charge in [0.25, 0.3) is 5.91 Å². The van der Waals surface area contributed by atoms with Gasteiger partial charge < -0.3 is 5.32 Å². The lowest BCUT2D eigenvalue weighted by Gasteiger charge is -2.11. The Morgan fingerprint density at radius 1 is 1.25 bits per heavy atom. The summed E-state index contributed by atoms with van der Waals surface area (Å²) >= 11 is 3.48. The maximum atomic E-state index is 12.7. The van der Waals surface area contributed by atoms with Crippen LogP contribution in [0.4, 0.5) is 5.69 Å². The van der Waals surface area contributed by atoms with Crippen LogP contribution in [0, 0.1) is 13.8 Å². The molecule has 0 bridgehead atoms. The summed E-state index contributed by atoms with van der Waals surface area (Å²) in [4.78, 5) is 17.2. The molecule has 0 unspecified atom stereocenters. The summed E-state index contributed by atoms with van der Waals surface area (Å²) in [6.45, 7) is 7.96. The van der Waals surface area contributed by atoms with Gasteiger partial charge in [-0.2, -0.15) is 5.10 Å². The smallest absolute Gasteiger partial charge is 0.257 e. The highest BCUT2D eigenvalue weighted by Crippen LogP contribution is 2.25. The van der Waals surface area contributed by atoms with Crippen LogP contribution in [0.3, 0.4) is 0 Å². The zero-order valence-corrected chi connectivity index (χ0v) is 15.7. The standard InChI is InChI=1S/C18H19BrN4O/c1-10(2)23-17-13(9-20-23)8-14(12(4)21-17)18(24)22-16-6-5-11(3)7-15(16)19/h5-10H,1-4H3,(H,22,24). The normalized spacial score (nSPS) is 11.2. The molecule has 1 aromatic carbocycles. The second-order valence-electron chi connectivity index (χ2n) is 6.15. The number of hydrogen-bond donors (Lipinski definition) is 1. The van der Waals surface area contributed by atoms with Crippen molar-refractivity contribution in [3.8, 4) is 0 Å². The van der Waals surface area contributed by atoms with E-state index in [2.05, 4.69) is 45.2 Å². The van der Waals surface area contributed by atoms with E-state index >= 15 is 0 Å². The van der Waals surface area contributed by atoms with Crippen LogP contribution in [0.15, 0.2) is 34.9 Å². The largest absolute Gasteiger partial charge is 0.321 e. The van der Waals surface area contributed by atoms with Crippen LogP contribution in [0.2, 0.25) is 0 Å². The lowest BCUT2D eigenvalue weighted by atomic mass is 10.1. The molecule has 2 aromatic heterocycles. The third kappa shape index (κ3) is 3.06. The van der Waals surface area contributed by atoms with Crippen molar-refractivity contribution >= 4 is 38.6 Å². The number of aromatic nitrogens is 3. The molecule has 1 amide bonds. The van der Waals surface area contributed by atoms with Crippen LogP contribution in [0.1, 0.15) is 41.5 Å². The number of pyridine rings is 1. The molecule has 0 saturated carbocycles. The fourth-order valence-electron chi connectivity index (χ4n) is 2.58. The fraction of sp³-hybridized carbons (Fsp3) is 0.278. The minimum absolute atomic E-state index is 0.177. The zero-order valence-electron chi connectivity index (χ0n) is 14.1. The second kappa shape index (κ2) is 6.36. The van der Waals surface area contributed by atoms with Crippen molar-refractivity contribution in [1.82, 2.24) is 14.8 Å². The highest BCUT2D eigenvalue weighted by Gasteiger charge is 2.16. The SMILES string of the molecule is Cc1ccc(NC(=O)c2cc3cnn(C(C)C)c3nc2C)c(Br)c1. The highest BCUT2D eigenvalue weighted by atomic mass is 79.9. The summed E-state index contributed by atoms with van der Waals surface area (Å²) in [5.74, 6) is -0.177. The van der Waals surface area contributed by atoms with Gasteiger partial charge in [0, 0.05) is 15.9 Å². The fourth-order valence-corrected chi connectivity index (χ4v) is 3.18. The molecule has 0 fully saturated rings. The van der Waals surface area contributed by atoms with Gasteiger partial charge in [0.15, 0.2) is 5.65 Å². The molecule has 0 aliphatic carbocycles. The summed E-state index contributed by atoms with van der Waals surface area (Å²) in [6, 6.07) is 7.88. The molecular formula is C18H19BrN4O. The molecule has 1 N–H and O–H groups in total. The molecule has 0 spiro atoms. The number of aryl methyl sites for hydroxylation is 2. The number of hydrogen-bond acceptors (Lipinski definition) is 3. The van der Waals surface area contributed by atoms with Crippen LogP contribution in [0.5, 0.6) is 0 Å². The van der Waals surface area contributed by atoms with Crippen molar-refractivity contribution in [2.75, 3.05) is 5.32 Å². The number of carbonyl (C=O) groups excluding carboxylic acids is 1. The zero-order chi connectivity index (χ0) is 17.4. The van der Waals surface area contributed by atoms with Crippen LogP contribution < -0.4 is 5.32 Å². The topological polar surface area (TPSA) is 59.8 Å². The molecule has 6 heteroatoms. The van der Waals surface area contributed by atoms with Gasteiger partial charge in [-0.25, -0.2) is 9.67 Å². The predicted molar refractivity (Wildman–Crippen MR) is 99.5 cm³/mol. The number of nitrogens with one attached hydrogen (secondary N) is 1. The van der Waals surface area contributed by atoms with Gasteiger partial charge in [0.1, 0.15) is 0 Å². The molecule has 0 saturated heterocycles. The number of anilines is 1. The van der Waals surface area contributed by atoms with E-state index in [1.807, 2.05) is 42.8 Å². The van der Waals surface area contributed by atoms with Crippen molar-refractivity contribution < 1.29 is 4.79 Å². The maximum Gasteiger partial charge on any atom is 0.257 e. The second-order valence-corrected chi connectivity index (χ2v) is 7.01.